The summed E-state index contributed by atoms with van der Waals surface area (Å²) in [6.45, 7) is 3.66. The maximum absolute atomic E-state index is 9.65. The molecule has 4 atom stereocenters. The molecule has 0 fully saturated rings. The van der Waals surface area contributed by atoms with Gasteiger partial charge in [0.15, 0.2) is 0 Å². The fourth-order valence-corrected chi connectivity index (χ4v) is 2.06. The Hall–Kier alpha value is -1.93. The number of nitrogens with two attached hydrogens (primary N) is 2. The standard InChI is InChI=1S/2C9H14N2O.H2O4S/c2*1-7(11-10)9(12)8-5-3-2-4-6-8;1-5(2,3)4/h2*2-7,9,11-12H,10H2,1H3;(H2,1,2,3,4). The van der Waals surface area contributed by atoms with Crippen LogP contribution in [-0.2, 0) is 10.4 Å². The summed E-state index contributed by atoms with van der Waals surface area (Å²) in [6, 6.07) is 18.6. The molecule has 0 aliphatic heterocycles. The van der Waals surface area contributed by atoms with Crippen molar-refractivity contribution in [3.05, 3.63) is 71.8 Å². The van der Waals surface area contributed by atoms with Crippen LogP contribution in [0.3, 0.4) is 0 Å². The average molecular weight is 431 g/mol. The van der Waals surface area contributed by atoms with Crippen molar-refractivity contribution in [2.75, 3.05) is 0 Å². The van der Waals surface area contributed by atoms with E-state index in [-0.39, 0.29) is 12.1 Å². The fourth-order valence-electron chi connectivity index (χ4n) is 2.06. The lowest BCUT2D eigenvalue weighted by molar-refractivity contribution is 0.136. The Morgan fingerprint density at radius 3 is 1.17 bits per heavy atom. The first-order valence-corrected chi connectivity index (χ1v) is 9.99. The van der Waals surface area contributed by atoms with Crippen LogP contribution < -0.4 is 22.5 Å². The summed E-state index contributed by atoms with van der Waals surface area (Å²) in [5.41, 5.74) is 6.78. The van der Waals surface area contributed by atoms with E-state index >= 15 is 0 Å². The topological polar surface area (TPSA) is 191 Å². The van der Waals surface area contributed by atoms with Gasteiger partial charge in [0.2, 0.25) is 0 Å². The lowest BCUT2D eigenvalue weighted by Gasteiger charge is -2.17. The summed E-state index contributed by atoms with van der Waals surface area (Å²) in [4.78, 5) is 0. The molecule has 29 heavy (non-hydrogen) atoms. The zero-order valence-electron chi connectivity index (χ0n) is 16.3. The Labute approximate surface area is 171 Å². The van der Waals surface area contributed by atoms with Crippen LogP contribution >= 0.6 is 0 Å². The van der Waals surface area contributed by atoms with Gasteiger partial charge in [0.1, 0.15) is 0 Å². The molecule has 10 N–H and O–H groups in total. The fraction of sp³-hybridized carbons (Fsp3) is 0.333. The quantitative estimate of drug-likeness (QED) is 0.182. The molecule has 11 heteroatoms. The maximum Gasteiger partial charge on any atom is 0.394 e. The van der Waals surface area contributed by atoms with Gasteiger partial charge in [-0.3, -0.25) is 31.6 Å². The Morgan fingerprint density at radius 1 is 0.724 bits per heavy atom. The molecule has 0 bridgehead atoms. The molecular formula is C18H30N4O6S. The highest BCUT2D eigenvalue weighted by atomic mass is 32.3. The van der Waals surface area contributed by atoms with Crippen molar-refractivity contribution in [2.45, 2.75) is 38.1 Å². The van der Waals surface area contributed by atoms with Crippen LogP contribution in [0.5, 0.6) is 0 Å². The second-order valence-electron chi connectivity index (χ2n) is 6.07. The first-order chi connectivity index (χ1) is 13.5. The first kappa shape index (κ1) is 27.1. The molecule has 2 rings (SSSR count). The number of nitrogens with one attached hydrogen (secondary N) is 2. The Balaban J connectivity index is 0.000000442. The van der Waals surface area contributed by atoms with Crippen molar-refractivity contribution < 1.29 is 27.7 Å². The minimum absolute atomic E-state index is 0.132. The summed E-state index contributed by atoms with van der Waals surface area (Å²) < 4.78 is 31.6. The van der Waals surface area contributed by atoms with Crippen LogP contribution in [0.25, 0.3) is 0 Å². The largest absolute Gasteiger partial charge is 0.394 e. The molecule has 0 aliphatic rings. The van der Waals surface area contributed by atoms with E-state index < -0.39 is 22.6 Å². The van der Waals surface area contributed by atoms with Gasteiger partial charge in [0, 0.05) is 12.1 Å². The Bertz CT molecular complexity index is 705. The molecular weight excluding hydrogens is 400 g/mol. The lowest BCUT2D eigenvalue weighted by Crippen LogP contribution is -2.37. The van der Waals surface area contributed by atoms with Crippen molar-refractivity contribution in [3.8, 4) is 0 Å². The molecule has 0 aliphatic carbocycles. The number of aliphatic hydroxyl groups excluding tert-OH is 2. The summed E-state index contributed by atoms with van der Waals surface area (Å²) in [5, 5.41) is 19.3. The van der Waals surface area contributed by atoms with Gasteiger partial charge in [-0.2, -0.15) is 8.42 Å². The van der Waals surface area contributed by atoms with E-state index in [2.05, 4.69) is 10.9 Å². The number of aliphatic hydroxyl groups is 2. The number of benzene rings is 2. The van der Waals surface area contributed by atoms with Crippen LogP contribution in [-0.4, -0.2) is 39.8 Å². The van der Waals surface area contributed by atoms with Crippen molar-refractivity contribution >= 4 is 10.4 Å². The smallest absolute Gasteiger partial charge is 0.387 e. The summed E-state index contributed by atoms with van der Waals surface area (Å²) in [5.74, 6) is 10.4. The third kappa shape index (κ3) is 13.0. The van der Waals surface area contributed by atoms with Crippen LogP contribution in [0.4, 0.5) is 0 Å². The van der Waals surface area contributed by atoms with Crippen molar-refractivity contribution in [2.24, 2.45) is 11.7 Å². The lowest BCUT2D eigenvalue weighted by atomic mass is 10.0. The SMILES string of the molecule is CC(NN)C(O)c1ccccc1.CC(NN)C(O)c1ccccc1.O=S(=O)(O)O. The van der Waals surface area contributed by atoms with Crippen molar-refractivity contribution in [1.82, 2.24) is 10.9 Å². The predicted octanol–water partition coefficient (Wildman–Crippen LogP) is 0.491. The second kappa shape index (κ2) is 14.1. The molecule has 0 amide bonds. The highest BCUT2D eigenvalue weighted by molar-refractivity contribution is 7.79. The average Bonchev–Trinajstić information content (AvgIpc) is 2.72. The number of hydrogen-bond acceptors (Lipinski definition) is 8. The summed E-state index contributed by atoms with van der Waals surface area (Å²) in [6.07, 6.45) is -1.09. The molecule has 10 nitrogen and oxygen atoms in total. The molecule has 4 unspecified atom stereocenters. The highest BCUT2D eigenvalue weighted by Crippen LogP contribution is 2.15. The van der Waals surface area contributed by atoms with E-state index in [4.69, 9.17) is 29.2 Å². The van der Waals surface area contributed by atoms with E-state index in [0.717, 1.165) is 11.1 Å². The van der Waals surface area contributed by atoms with Crippen LogP contribution in [0.15, 0.2) is 60.7 Å². The zero-order chi connectivity index (χ0) is 22.4. The maximum atomic E-state index is 9.65. The number of hydrazine groups is 2. The van der Waals surface area contributed by atoms with Gasteiger partial charge in [0.25, 0.3) is 0 Å². The molecule has 0 heterocycles. The molecule has 0 radical (unpaired) electrons. The van der Waals surface area contributed by atoms with E-state index in [1.165, 1.54) is 0 Å². The molecule has 164 valence electrons. The molecule has 2 aromatic carbocycles. The predicted molar refractivity (Wildman–Crippen MR) is 111 cm³/mol. The van der Waals surface area contributed by atoms with Gasteiger partial charge in [-0.1, -0.05) is 60.7 Å². The normalized spacial score (nSPS) is 14.9. The minimum atomic E-state index is -4.67. The Kier molecular flexibility index (Phi) is 13.2. The van der Waals surface area contributed by atoms with Gasteiger partial charge >= 0.3 is 10.4 Å². The van der Waals surface area contributed by atoms with Gasteiger partial charge in [-0.15, -0.1) is 0 Å². The van der Waals surface area contributed by atoms with E-state index in [1.807, 2.05) is 74.5 Å². The monoisotopic (exact) mass is 430 g/mol. The molecule has 0 saturated heterocycles. The van der Waals surface area contributed by atoms with Crippen LogP contribution in [0, 0.1) is 0 Å². The third-order valence-corrected chi connectivity index (χ3v) is 3.76. The van der Waals surface area contributed by atoms with E-state index in [0.29, 0.717) is 0 Å². The molecule has 0 spiro atoms. The van der Waals surface area contributed by atoms with E-state index in [9.17, 15) is 10.2 Å². The second-order valence-corrected chi connectivity index (χ2v) is 6.97. The third-order valence-electron chi connectivity index (χ3n) is 3.76. The first-order valence-electron chi connectivity index (χ1n) is 8.59. The number of rotatable bonds is 6. The van der Waals surface area contributed by atoms with Gasteiger partial charge in [-0.05, 0) is 25.0 Å². The van der Waals surface area contributed by atoms with E-state index in [1.54, 1.807) is 0 Å². The van der Waals surface area contributed by atoms with Crippen LogP contribution in [0.2, 0.25) is 0 Å². The van der Waals surface area contributed by atoms with Crippen molar-refractivity contribution in [3.63, 3.8) is 0 Å². The molecule has 2 aromatic rings. The minimum Gasteiger partial charge on any atom is -0.387 e. The van der Waals surface area contributed by atoms with Gasteiger partial charge in [-0.25, -0.2) is 0 Å². The molecule has 0 saturated carbocycles. The van der Waals surface area contributed by atoms with Crippen LogP contribution in [0.1, 0.15) is 37.2 Å². The van der Waals surface area contributed by atoms with Gasteiger partial charge < -0.3 is 10.2 Å². The zero-order valence-corrected chi connectivity index (χ0v) is 17.1. The molecule has 0 aromatic heterocycles. The van der Waals surface area contributed by atoms with Gasteiger partial charge in [0.05, 0.1) is 12.2 Å². The summed E-state index contributed by atoms with van der Waals surface area (Å²) >= 11 is 0. The highest BCUT2D eigenvalue weighted by Gasteiger charge is 2.14. The van der Waals surface area contributed by atoms with Crippen molar-refractivity contribution in [1.29, 1.82) is 0 Å². The Morgan fingerprint density at radius 2 is 0.966 bits per heavy atom. The number of hydrogen-bond donors (Lipinski definition) is 8. The summed E-state index contributed by atoms with van der Waals surface area (Å²) in [7, 11) is -4.67.